The standard InChI is InChI=1S/C13H23N5/c1-3-5-11-12(15-8-16-13(11)18-14)17-9(2)10-6-4-7-10/h8-10H,3-7,14H2,1-2H3,(H2,15,16,17,18). The molecule has 0 saturated heterocycles. The van der Waals surface area contributed by atoms with E-state index in [0.717, 1.165) is 36.0 Å². The smallest absolute Gasteiger partial charge is 0.148 e. The van der Waals surface area contributed by atoms with E-state index in [4.69, 9.17) is 5.84 Å². The summed E-state index contributed by atoms with van der Waals surface area (Å²) in [5, 5.41) is 3.53. The van der Waals surface area contributed by atoms with Gasteiger partial charge in [0.25, 0.3) is 0 Å². The molecule has 1 atom stereocenters. The van der Waals surface area contributed by atoms with Gasteiger partial charge in [-0.2, -0.15) is 0 Å². The summed E-state index contributed by atoms with van der Waals surface area (Å²) >= 11 is 0. The molecule has 0 aliphatic heterocycles. The minimum Gasteiger partial charge on any atom is -0.367 e. The quantitative estimate of drug-likeness (QED) is 0.533. The van der Waals surface area contributed by atoms with Crippen LogP contribution >= 0.6 is 0 Å². The molecule has 1 saturated carbocycles. The van der Waals surface area contributed by atoms with Crippen LogP contribution in [0.3, 0.4) is 0 Å². The van der Waals surface area contributed by atoms with E-state index in [1.54, 1.807) is 6.33 Å². The van der Waals surface area contributed by atoms with Crippen LogP contribution in [0.5, 0.6) is 0 Å². The molecule has 0 bridgehead atoms. The third kappa shape index (κ3) is 2.72. The van der Waals surface area contributed by atoms with Gasteiger partial charge in [-0.25, -0.2) is 15.8 Å². The van der Waals surface area contributed by atoms with Crippen LogP contribution in [0.1, 0.15) is 45.1 Å². The van der Waals surface area contributed by atoms with E-state index in [-0.39, 0.29) is 0 Å². The van der Waals surface area contributed by atoms with Crippen LogP contribution in [0.15, 0.2) is 6.33 Å². The van der Waals surface area contributed by atoms with Gasteiger partial charge in [0.2, 0.25) is 0 Å². The van der Waals surface area contributed by atoms with Crippen molar-refractivity contribution in [3.05, 3.63) is 11.9 Å². The van der Waals surface area contributed by atoms with Crippen LogP contribution in [0.25, 0.3) is 0 Å². The Morgan fingerprint density at radius 3 is 2.67 bits per heavy atom. The lowest BCUT2D eigenvalue weighted by molar-refractivity contribution is 0.285. The zero-order valence-corrected chi connectivity index (χ0v) is 11.2. The molecule has 0 aromatic carbocycles. The lowest BCUT2D eigenvalue weighted by Gasteiger charge is -2.32. The number of hydrazine groups is 1. The first kappa shape index (κ1) is 13.1. The van der Waals surface area contributed by atoms with Crippen molar-refractivity contribution in [2.24, 2.45) is 11.8 Å². The summed E-state index contributed by atoms with van der Waals surface area (Å²) in [5.41, 5.74) is 3.75. The summed E-state index contributed by atoms with van der Waals surface area (Å²) in [6.45, 7) is 4.38. The maximum absolute atomic E-state index is 5.51. The Morgan fingerprint density at radius 2 is 2.11 bits per heavy atom. The Balaban J connectivity index is 2.14. The normalized spacial score (nSPS) is 17.1. The first-order valence-electron chi connectivity index (χ1n) is 6.83. The van der Waals surface area contributed by atoms with Crippen molar-refractivity contribution in [3.8, 4) is 0 Å². The first-order chi connectivity index (χ1) is 8.76. The summed E-state index contributed by atoms with van der Waals surface area (Å²) in [5.74, 6) is 7.95. The molecule has 18 heavy (non-hydrogen) atoms. The number of nitrogens with two attached hydrogens (primary N) is 1. The van der Waals surface area contributed by atoms with Gasteiger partial charge in [0.05, 0.1) is 0 Å². The summed E-state index contributed by atoms with van der Waals surface area (Å²) in [6.07, 6.45) is 7.55. The van der Waals surface area contributed by atoms with Crippen molar-refractivity contribution >= 4 is 11.6 Å². The number of hydrogen-bond acceptors (Lipinski definition) is 5. The highest BCUT2D eigenvalue weighted by Gasteiger charge is 2.24. The van der Waals surface area contributed by atoms with E-state index < -0.39 is 0 Å². The van der Waals surface area contributed by atoms with E-state index in [9.17, 15) is 0 Å². The molecule has 0 spiro atoms. The molecular weight excluding hydrogens is 226 g/mol. The Morgan fingerprint density at radius 1 is 1.39 bits per heavy atom. The molecule has 100 valence electrons. The zero-order valence-electron chi connectivity index (χ0n) is 11.2. The Labute approximate surface area is 109 Å². The van der Waals surface area contributed by atoms with Gasteiger partial charge >= 0.3 is 0 Å². The molecule has 2 rings (SSSR count). The highest BCUT2D eigenvalue weighted by atomic mass is 15.3. The summed E-state index contributed by atoms with van der Waals surface area (Å²) < 4.78 is 0. The predicted octanol–water partition coefficient (Wildman–Crippen LogP) is 2.32. The van der Waals surface area contributed by atoms with Gasteiger partial charge in [-0.05, 0) is 32.1 Å². The third-order valence-corrected chi connectivity index (χ3v) is 3.80. The largest absolute Gasteiger partial charge is 0.367 e. The Bertz CT molecular complexity index is 389. The molecule has 1 unspecified atom stereocenters. The molecule has 5 nitrogen and oxygen atoms in total. The SMILES string of the molecule is CCCc1c(NN)ncnc1NC(C)C1CCC1. The number of nitrogens with one attached hydrogen (secondary N) is 2. The molecule has 1 aliphatic carbocycles. The molecule has 1 aromatic rings. The van der Waals surface area contributed by atoms with Crippen molar-refractivity contribution in [1.29, 1.82) is 0 Å². The molecule has 0 amide bonds. The van der Waals surface area contributed by atoms with Crippen molar-refractivity contribution in [2.45, 2.75) is 52.0 Å². The molecular formula is C13H23N5. The zero-order chi connectivity index (χ0) is 13.0. The predicted molar refractivity (Wildman–Crippen MR) is 74.3 cm³/mol. The monoisotopic (exact) mass is 249 g/mol. The average Bonchev–Trinajstić information content (AvgIpc) is 2.29. The number of rotatable bonds is 6. The van der Waals surface area contributed by atoms with E-state index in [1.807, 2.05) is 0 Å². The van der Waals surface area contributed by atoms with Crippen LogP contribution in [0, 0.1) is 5.92 Å². The minimum absolute atomic E-state index is 0.467. The van der Waals surface area contributed by atoms with E-state index in [2.05, 4.69) is 34.6 Å². The van der Waals surface area contributed by atoms with Crippen molar-refractivity contribution in [3.63, 3.8) is 0 Å². The van der Waals surface area contributed by atoms with Crippen LogP contribution in [0.4, 0.5) is 11.6 Å². The van der Waals surface area contributed by atoms with Gasteiger partial charge < -0.3 is 10.7 Å². The lowest BCUT2D eigenvalue weighted by Crippen LogP contribution is -2.31. The highest BCUT2D eigenvalue weighted by Crippen LogP contribution is 2.32. The third-order valence-electron chi connectivity index (χ3n) is 3.80. The lowest BCUT2D eigenvalue weighted by atomic mass is 9.80. The molecule has 4 N–H and O–H groups in total. The van der Waals surface area contributed by atoms with E-state index >= 15 is 0 Å². The number of aromatic nitrogens is 2. The maximum Gasteiger partial charge on any atom is 0.148 e. The molecule has 1 aromatic heterocycles. The summed E-state index contributed by atoms with van der Waals surface area (Å²) in [4.78, 5) is 8.54. The summed E-state index contributed by atoms with van der Waals surface area (Å²) in [6, 6.07) is 0.467. The fraction of sp³-hybridized carbons (Fsp3) is 0.692. The van der Waals surface area contributed by atoms with Gasteiger partial charge in [-0.3, -0.25) is 0 Å². The molecule has 5 heteroatoms. The second-order valence-corrected chi connectivity index (χ2v) is 5.07. The van der Waals surface area contributed by atoms with Crippen LogP contribution in [0.2, 0.25) is 0 Å². The second kappa shape index (κ2) is 6.00. The summed E-state index contributed by atoms with van der Waals surface area (Å²) in [7, 11) is 0. The number of anilines is 2. The fourth-order valence-corrected chi connectivity index (χ4v) is 2.42. The number of hydrogen-bond donors (Lipinski definition) is 3. The topological polar surface area (TPSA) is 75.9 Å². The van der Waals surface area contributed by atoms with Crippen LogP contribution in [-0.2, 0) is 6.42 Å². The first-order valence-corrected chi connectivity index (χ1v) is 6.83. The van der Waals surface area contributed by atoms with Crippen molar-refractivity contribution in [2.75, 3.05) is 10.7 Å². The molecule has 1 heterocycles. The van der Waals surface area contributed by atoms with Crippen molar-refractivity contribution < 1.29 is 0 Å². The van der Waals surface area contributed by atoms with Gasteiger partial charge in [-0.15, -0.1) is 0 Å². The minimum atomic E-state index is 0.467. The maximum atomic E-state index is 5.51. The van der Waals surface area contributed by atoms with E-state index in [1.165, 1.54) is 19.3 Å². The van der Waals surface area contributed by atoms with Gasteiger partial charge in [0, 0.05) is 11.6 Å². The Kier molecular flexibility index (Phi) is 4.36. The van der Waals surface area contributed by atoms with Gasteiger partial charge in [-0.1, -0.05) is 19.8 Å². The fourth-order valence-electron chi connectivity index (χ4n) is 2.42. The Hall–Kier alpha value is -1.36. The van der Waals surface area contributed by atoms with Gasteiger partial charge in [0.1, 0.15) is 18.0 Å². The second-order valence-electron chi connectivity index (χ2n) is 5.07. The van der Waals surface area contributed by atoms with Crippen molar-refractivity contribution in [1.82, 2.24) is 9.97 Å². The number of nitrogens with zero attached hydrogens (tertiary/aromatic N) is 2. The van der Waals surface area contributed by atoms with E-state index in [0.29, 0.717) is 6.04 Å². The molecule has 1 aliphatic rings. The molecule has 0 radical (unpaired) electrons. The van der Waals surface area contributed by atoms with Crippen LogP contribution < -0.4 is 16.6 Å². The number of nitrogen functional groups attached to an aromatic ring is 1. The highest BCUT2D eigenvalue weighted by molar-refractivity contribution is 5.57. The van der Waals surface area contributed by atoms with Gasteiger partial charge in [0.15, 0.2) is 0 Å². The van der Waals surface area contributed by atoms with Crippen LogP contribution in [-0.4, -0.2) is 16.0 Å². The average molecular weight is 249 g/mol. The molecule has 1 fully saturated rings.